The number of hydrogen-bond acceptors (Lipinski definition) is 12. The molecule has 0 aliphatic heterocycles. The minimum atomic E-state index is -1.26. The van der Waals surface area contributed by atoms with Crippen molar-refractivity contribution in [2.45, 2.75) is 130 Å². The van der Waals surface area contributed by atoms with Gasteiger partial charge in [0.2, 0.25) is 47.3 Å². The SMILES string of the molecule is CC(C)C[C@H](NC(=O)CCc1ccc(O)cc1)C(=O)NC(CCC(N)=O)C(=O)NCC(=O)O.Cc1cc(CCC(=O)N[C@@H](CC(C)C)C(=O)NC(CCC(N)=O)C(=O)NCC(=O)O)cc(C)c1O. The Hall–Kier alpha value is -7.26. The predicted octanol–water partition coefficient (Wildman–Crippen LogP) is 0.230. The van der Waals surface area contributed by atoms with E-state index in [1.165, 1.54) is 12.1 Å². The highest BCUT2D eigenvalue weighted by Gasteiger charge is 2.29. The number of nitrogens with two attached hydrogens (primary N) is 2. The first kappa shape index (κ1) is 58.8. The fourth-order valence-electron chi connectivity index (χ4n) is 6.53. The van der Waals surface area contributed by atoms with Gasteiger partial charge in [0.25, 0.3) is 0 Å². The van der Waals surface area contributed by atoms with E-state index in [4.69, 9.17) is 21.7 Å². The number of aromatic hydroxyl groups is 2. The number of carbonyl (C=O) groups excluding carboxylic acids is 8. The monoisotopic (exact) mass is 956 g/mol. The molecule has 0 spiro atoms. The number of phenolic OH excluding ortho intramolecular Hbond substituents is 2. The van der Waals surface area contributed by atoms with E-state index < -0.39 is 84.6 Å². The maximum absolute atomic E-state index is 12.9. The van der Waals surface area contributed by atoms with Crippen molar-refractivity contribution in [2.75, 3.05) is 13.1 Å². The van der Waals surface area contributed by atoms with Crippen molar-refractivity contribution >= 4 is 59.2 Å². The van der Waals surface area contributed by atoms with Gasteiger partial charge >= 0.3 is 11.9 Å². The standard InChI is InChI=1S/C24H36N4O7.C22H32N4O7/c1-13(2)9-18(27-20(30)8-5-16-10-14(3)22(33)15(4)11-16)24(35)28-17(6-7-19(25)29)23(34)26-12-21(31)32;1-13(2)11-17(25-19(29)10-5-14-3-6-15(27)7-4-14)22(33)26-16(8-9-18(23)28)21(32)24-12-20(30)31/h10-11,13,17-18,33H,5-9,12H2,1-4H3,(H2,25,29)(H,26,34)(H,27,30)(H,28,35)(H,31,32);3-4,6-7,13,16-17,27H,5,8-12H2,1-2H3,(H2,23,28)(H,24,32)(H,25,29)(H,26,33)(H,30,31)/t17?,18-;16?,17-/m00/s1. The molecule has 8 amide bonds. The average Bonchev–Trinajstić information content (AvgIpc) is 3.24. The maximum atomic E-state index is 12.9. The summed E-state index contributed by atoms with van der Waals surface area (Å²) in [5.74, 6) is -6.98. The zero-order valence-corrected chi connectivity index (χ0v) is 39.4. The zero-order chi connectivity index (χ0) is 51.7. The molecule has 0 radical (unpaired) electrons. The van der Waals surface area contributed by atoms with Crippen molar-refractivity contribution in [1.29, 1.82) is 0 Å². The minimum absolute atomic E-state index is 0.0401. The Morgan fingerprint density at radius 3 is 1.22 bits per heavy atom. The Morgan fingerprint density at radius 1 is 0.515 bits per heavy atom. The topological polar surface area (TPSA) is 376 Å². The maximum Gasteiger partial charge on any atom is 0.322 e. The molecule has 2 unspecified atom stereocenters. The van der Waals surface area contributed by atoms with Crippen LogP contribution in [0.4, 0.5) is 0 Å². The van der Waals surface area contributed by atoms with E-state index in [0.29, 0.717) is 36.8 Å². The minimum Gasteiger partial charge on any atom is -0.508 e. The highest BCUT2D eigenvalue weighted by Crippen LogP contribution is 2.23. The fourth-order valence-corrected chi connectivity index (χ4v) is 6.53. The number of hydrogen-bond donors (Lipinski definition) is 12. The molecule has 14 N–H and O–H groups in total. The van der Waals surface area contributed by atoms with Crippen molar-refractivity contribution in [2.24, 2.45) is 23.3 Å². The lowest BCUT2D eigenvalue weighted by Crippen LogP contribution is -2.54. The Kier molecular flexibility index (Phi) is 26.0. The number of amides is 8. The number of benzene rings is 2. The molecule has 2 aromatic carbocycles. The third kappa shape index (κ3) is 24.9. The largest absolute Gasteiger partial charge is 0.508 e. The predicted molar refractivity (Wildman–Crippen MR) is 247 cm³/mol. The highest BCUT2D eigenvalue weighted by atomic mass is 16.4. The number of primary amides is 2. The summed E-state index contributed by atoms with van der Waals surface area (Å²) in [6, 6.07) is 5.78. The molecule has 0 saturated carbocycles. The van der Waals surface area contributed by atoms with Crippen LogP contribution in [0.1, 0.15) is 101 Å². The van der Waals surface area contributed by atoms with Crippen molar-refractivity contribution in [1.82, 2.24) is 31.9 Å². The van der Waals surface area contributed by atoms with E-state index in [1.54, 1.807) is 38.1 Å². The van der Waals surface area contributed by atoms with Crippen LogP contribution in [0.5, 0.6) is 11.5 Å². The van der Waals surface area contributed by atoms with Crippen LogP contribution in [-0.4, -0.2) is 117 Å². The van der Waals surface area contributed by atoms with Gasteiger partial charge < -0.3 is 63.8 Å². The number of carboxylic acid groups (broad SMARTS) is 2. The van der Waals surface area contributed by atoms with Gasteiger partial charge in [-0.25, -0.2) is 0 Å². The second-order valence-corrected chi connectivity index (χ2v) is 17.1. The number of aryl methyl sites for hydroxylation is 4. The third-order valence-electron chi connectivity index (χ3n) is 9.94. The van der Waals surface area contributed by atoms with E-state index in [0.717, 1.165) is 11.1 Å². The van der Waals surface area contributed by atoms with Crippen LogP contribution >= 0.6 is 0 Å². The summed E-state index contributed by atoms with van der Waals surface area (Å²) in [4.78, 5) is 119. The van der Waals surface area contributed by atoms with Gasteiger partial charge in [0, 0.05) is 25.7 Å². The fraction of sp³-hybridized carbons (Fsp3) is 0.522. The second kappa shape index (κ2) is 30.1. The number of carbonyl (C=O) groups is 10. The zero-order valence-electron chi connectivity index (χ0n) is 39.4. The number of nitrogens with one attached hydrogen (secondary N) is 6. The normalized spacial score (nSPS) is 12.5. The van der Waals surface area contributed by atoms with Gasteiger partial charge in [-0.3, -0.25) is 47.9 Å². The van der Waals surface area contributed by atoms with E-state index in [9.17, 15) is 58.2 Å². The van der Waals surface area contributed by atoms with Gasteiger partial charge in [-0.05, 0) is 98.6 Å². The van der Waals surface area contributed by atoms with Crippen LogP contribution in [0.25, 0.3) is 0 Å². The van der Waals surface area contributed by atoms with Crippen LogP contribution in [0, 0.1) is 25.7 Å². The number of rotatable bonds is 28. The van der Waals surface area contributed by atoms with Crippen molar-refractivity contribution in [3.05, 3.63) is 58.7 Å². The summed E-state index contributed by atoms with van der Waals surface area (Å²) in [6.07, 6.45) is 1.00. The van der Waals surface area contributed by atoms with Gasteiger partial charge in [0.15, 0.2) is 0 Å². The first-order valence-corrected chi connectivity index (χ1v) is 22.1. The molecule has 0 aliphatic carbocycles. The quantitative estimate of drug-likeness (QED) is 0.0544. The van der Waals surface area contributed by atoms with Crippen molar-refractivity contribution in [3.8, 4) is 11.5 Å². The molecule has 22 heteroatoms. The molecule has 376 valence electrons. The van der Waals surface area contributed by atoms with Crippen molar-refractivity contribution < 1.29 is 68.4 Å². The summed E-state index contributed by atoms with van der Waals surface area (Å²) < 4.78 is 0. The average molecular weight is 957 g/mol. The highest BCUT2D eigenvalue weighted by molar-refractivity contribution is 5.94. The van der Waals surface area contributed by atoms with Crippen LogP contribution in [0.15, 0.2) is 36.4 Å². The molecule has 0 fully saturated rings. The molecule has 0 saturated heterocycles. The molecule has 2 aromatic rings. The van der Waals surface area contributed by atoms with Crippen LogP contribution in [0.2, 0.25) is 0 Å². The number of carboxylic acids is 2. The summed E-state index contributed by atoms with van der Waals surface area (Å²) >= 11 is 0. The van der Waals surface area contributed by atoms with E-state index in [1.807, 2.05) is 27.7 Å². The van der Waals surface area contributed by atoms with Gasteiger partial charge in [0.1, 0.15) is 48.8 Å². The molecular weight excluding hydrogens is 889 g/mol. The number of aliphatic carboxylic acids is 2. The van der Waals surface area contributed by atoms with Crippen LogP contribution in [0.3, 0.4) is 0 Å². The molecule has 0 aliphatic rings. The summed E-state index contributed by atoms with van der Waals surface area (Å²) in [7, 11) is 0. The van der Waals surface area contributed by atoms with Crippen LogP contribution < -0.4 is 43.4 Å². The Labute approximate surface area is 395 Å². The lowest BCUT2D eigenvalue weighted by atomic mass is 10.0. The van der Waals surface area contributed by atoms with Gasteiger partial charge in [-0.2, -0.15) is 0 Å². The first-order chi connectivity index (χ1) is 31.8. The van der Waals surface area contributed by atoms with Gasteiger partial charge in [0.05, 0.1) is 0 Å². The lowest BCUT2D eigenvalue weighted by Gasteiger charge is -2.24. The molecule has 68 heavy (non-hydrogen) atoms. The van der Waals surface area contributed by atoms with E-state index >= 15 is 0 Å². The molecule has 0 bridgehead atoms. The van der Waals surface area contributed by atoms with Gasteiger partial charge in [-0.1, -0.05) is 52.0 Å². The molecule has 2 rings (SSSR count). The van der Waals surface area contributed by atoms with E-state index in [2.05, 4.69) is 31.9 Å². The Bertz CT molecular complexity index is 2050. The molecular formula is C46H68N8O14. The van der Waals surface area contributed by atoms with Crippen LogP contribution in [-0.2, 0) is 60.8 Å². The molecule has 22 nitrogen and oxygen atoms in total. The summed E-state index contributed by atoms with van der Waals surface area (Å²) in [5, 5.41) is 51.5. The first-order valence-electron chi connectivity index (χ1n) is 22.1. The molecule has 0 heterocycles. The Balaban J connectivity index is 0.000000681. The van der Waals surface area contributed by atoms with Crippen molar-refractivity contribution in [3.63, 3.8) is 0 Å². The molecule has 4 atom stereocenters. The smallest absolute Gasteiger partial charge is 0.322 e. The Morgan fingerprint density at radius 2 is 0.882 bits per heavy atom. The summed E-state index contributed by atoms with van der Waals surface area (Å²) in [6.45, 7) is 9.73. The molecule has 0 aromatic heterocycles. The van der Waals surface area contributed by atoms with Gasteiger partial charge in [-0.15, -0.1) is 0 Å². The lowest BCUT2D eigenvalue weighted by molar-refractivity contribution is -0.139. The second-order valence-electron chi connectivity index (χ2n) is 17.1. The van der Waals surface area contributed by atoms with E-state index in [-0.39, 0.29) is 73.7 Å². The number of phenols is 2. The summed E-state index contributed by atoms with van der Waals surface area (Å²) in [5.41, 5.74) is 13.4. The third-order valence-corrected chi connectivity index (χ3v) is 9.94.